The molecule has 0 aliphatic heterocycles. The molecule has 0 spiro atoms. The van der Waals surface area contributed by atoms with Crippen LogP contribution >= 0.6 is 0 Å². The zero-order chi connectivity index (χ0) is 16.8. The number of carbonyl (C=O) groups excluding carboxylic acids is 1. The third-order valence-corrected chi connectivity index (χ3v) is 3.67. The van der Waals surface area contributed by atoms with E-state index >= 15 is 0 Å². The Morgan fingerprint density at radius 2 is 1.67 bits per heavy atom. The van der Waals surface area contributed by atoms with E-state index in [1.165, 1.54) is 0 Å². The van der Waals surface area contributed by atoms with Crippen molar-refractivity contribution < 1.29 is 9.21 Å². The van der Waals surface area contributed by atoms with Gasteiger partial charge in [0.05, 0.1) is 6.54 Å². The van der Waals surface area contributed by atoms with E-state index < -0.39 is 0 Å². The molecule has 3 aromatic rings. The summed E-state index contributed by atoms with van der Waals surface area (Å²) in [7, 11) is 0. The maximum atomic E-state index is 12.8. The highest BCUT2D eigenvalue weighted by Crippen LogP contribution is 2.18. The first-order valence-electron chi connectivity index (χ1n) is 7.91. The van der Waals surface area contributed by atoms with Crippen LogP contribution in [0.25, 0.3) is 0 Å². The Bertz CT molecular complexity index is 785. The molecule has 0 N–H and O–H groups in total. The molecule has 0 aliphatic carbocycles. The number of aryl methyl sites for hydroxylation is 2. The number of anilines is 1. The Morgan fingerprint density at radius 3 is 2.29 bits per heavy atom. The van der Waals surface area contributed by atoms with Gasteiger partial charge in [-0.05, 0) is 17.7 Å². The van der Waals surface area contributed by atoms with Crippen molar-refractivity contribution in [3.05, 3.63) is 78.0 Å². The van der Waals surface area contributed by atoms with Gasteiger partial charge in [-0.15, -0.1) is 10.2 Å². The van der Waals surface area contributed by atoms with Gasteiger partial charge in [-0.3, -0.25) is 4.79 Å². The second kappa shape index (κ2) is 7.55. The summed E-state index contributed by atoms with van der Waals surface area (Å²) in [5.41, 5.74) is 1.97. The standard InChI is InChI=1S/C19H19N3O2/c1-15-20-21-18(24-15)12-13-19(23)22(17-10-6-3-7-11-17)14-16-8-4-2-5-9-16/h2-11H,12-14H2,1H3. The van der Waals surface area contributed by atoms with Gasteiger partial charge >= 0.3 is 0 Å². The topological polar surface area (TPSA) is 59.2 Å². The molecular weight excluding hydrogens is 302 g/mol. The van der Waals surface area contributed by atoms with E-state index in [4.69, 9.17) is 4.42 Å². The van der Waals surface area contributed by atoms with Crippen molar-refractivity contribution in [2.24, 2.45) is 0 Å². The number of nitrogens with zero attached hydrogens (tertiary/aromatic N) is 3. The second-order valence-electron chi connectivity index (χ2n) is 5.52. The lowest BCUT2D eigenvalue weighted by molar-refractivity contribution is -0.118. The van der Waals surface area contributed by atoms with Gasteiger partial charge < -0.3 is 9.32 Å². The molecule has 122 valence electrons. The molecule has 0 saturated heterocycles. The molecule has 0 radical (unpaired) electrons. The lowest BCUT2D eigenvalue weighted by Crippen LogP contribution is -2.30. The summed E-state index contributed by atoms with van der Waals surface area (Å²) in [6.07, 6.45) is 0.765. The predicted molar refractivity (Wildman–Crippen MR) is 91.4 cm³/mol. The minimum atomic E-state index is 0.0286. The monoisotopic (exact) mass is 321 g/mol. The van der Waals surface area contributed by atoms with Gasteiger partial charge in [0.1, 0.15) is 0 Å². The van der Waals surface area contributed by atoms with Crippen molar-refractivity contribution >= 4 is 11.6 Å². The number of hydrogen-bond acceptors (Lipinski definition) is 4. The first kappa shape index (κ1) is 15.9. The van der Waals surface area contributed by atoms with Gasteiger partial charge in [-0.25, -0.2) is 0 Å². The minimum absolute atomic E-state index is 0.0286. The normalized spacial score (nSPS) is 10.5. The Morgan fingerprint density at radius 1 is 1.00 bits per heavy atom. The van der Waals surface area contributed by atoms with Gasteiger partial charge in [-0.1, -0.05) is 48.5 Å². The van der Waals surface area contributed by atoms with E-state index in [0.717, 1.165) is 11.3 Å². The van der Waals surface area contributed by atoms with Crippen LogP contribution in [0, 0.1) is 6.92 Å². The predicted octanol–water partition coefficient (Wildman–Crippen LogP) is 3.54. The average Bonchev–Trinajstić information content (AvgIpc) is 3.04. The molecule has 2 aromatic carbocycles. The number of aromatic nitrogens is 2. The number of hydrogen-bond donors (Lipinski definition) is 0. The molecule has 0 saturated carbocycles. The summed E-state index contributed by atoms with van der Waals surface area (Å²) < 4.78 is 5.34. The molecule has 5 nitrogen and oxygen atoms in total. The maximum Gasteiger partial charge on any atom is 0.227 e. The summed E-state index contributed by atoms with van der Waals surface area (Å²) in [5, 5.41) is 7.74. The van der Waals surface area contributed by atoms with Gasteiger partial charge in [0.25, 0.3) is 0 Å². The van der Waals surface area contributed by atoms with Crippen LogP contribution in [0.2, 0.25) is 0 Å². The summed E-state index contributed by atoms with van der Waals surface area (Å²) in [6, 6.07) is 19.6. The molecule has 1 amide bonds. The van der Waals surface area contributed by atoms with Crippen molar-refractivity contribution in [1.29, 1.82) is 0 Å². The van der Waals surface area contributed by atoms with Crippen LogP contribution < -0.4 is 4.90 Å². The number of benzene rings is 2. The largest absolute Gasteiger partial charge is 0.426 e. The SMILES string of the molecule is Cc1nnc(CCC(=O)N(Cc2ccccc2)c2ccccc2)o1. The zero-order valence-corrected chi connectivity index (χ0v) is 13.6. The molecule has 0 fully saturated rings. The fraction of sp³-hybridized carbons (Fsp3) is 0.211. The molecule has 0 unspecified atom stereocenters. The Balaban J connectivity index is 1.74. The van der Waals surface area contributed by atoms with E-state index in [1.807, 2.05) is 60.7 Å². The lowest BCUT2D eigenvalue weighted by atomic mass is 10.1. The van der Waals surface area contributed by atoms with E-state index in [2.05, 4.69) is 10.2 Å². The molecule has 0 aliphatic rings. The molecular formula is C19H19N3O2. The van der Waals surface area contributed by atoms with Crippen LogP contribution in [-0.4, -0.2) is 16.1 Å². The van der Waals surface area contributed by atoms with Crippen molar-refractivity contribution in [2.45, 2.75) is 26.3 Å². The fourth-order valence-corrected chi connectivity index (χ4v) is 2.48. The first-order valence-corrected chi connectivity index (χ1v) is 7.91. The number of amides is 1. The Hall–Kier alpha value is -2.95. The minimum Gasteiger partial charge on any atom is -0.426 e. The molecule has 0 bridgehead atoms. The number of rotatable bonds is 6. The number of para-hydroxylation sites is 1. The second-order valence-corrected chi connectivity index (χ2v) is 5.52. The van der Waals surface area contributed by atoms with Gasteiger partial charge in [0.15, 0.2) is 0 Å². The third-order valence-electron chi connectivity index (χ3n) is 3.67. The summed E-state index contributed by atoms with van der Waals surface area (Å²) in [6.45, 7) is 2.27. The van der Waals surface area contributed by atoms with Crippen LogP contribution in [0.1, 0.15) is 23.8 Å². The highest BCUT2D eigenvalue weighted by Gasteiger charge is 2.17. The summed E-state index contributed by atoms with van der Waals surface area (Å²) in [4.78, 5) is 14.6. The maximum absolute atomic E-state index is 12.8. The van der Waals surface area contributed by atoms with Crippen molar-refractivity contribution in [3.8, 4) is 0 Å². The smallest absolute Gasteiger partial charge is 0.227 e. The van der Waals surface area contributed by atoms with Crippen LogP contribution in [0.15, 0.2) is 65.1 Å². The van der Waals surface area contributed by atoms with Gasteiger partial charge in [-0.2, -0.15) is 0 Å². The molecule has 5 heteroatoms. The third kappa shape index (κ3) is 4.07. The van der Waals surface area contributed by atoms with Crippen LogP contribution in [0.5, 0.6) is 0 Å². The average molecular weight is 321 g/mol. The Labute approximate surface area is 140 Å². The molecule has 0 atom stereocenters. The van der Waals surface area contributed by atoms with Crippen molar-refractivity contribution in [3.63, 3.8) is 0 Å². The highest BCUT2D eigenvalue weighted by atomic mass is 16.4. The van der Waals surface area contributed by atoms with E-state index in [-0.39, 0.29) is 5.91 Å². The van der Waals surface area contributed by atoms with Gasteiger partial charge in [0, 0.05) is 25.5 Å². The van der Waals surface area contributed by atoms with Crippen molar-refractivity contribution in [2.75, 3.05) is 4.90 Å². The number of carbonyl (C=O) groups is 1. The Kier molecular flexibility index (Phi) is 5.01. The molecule has 1 heterocycles. The van der Waals surface area contributed by atoms with Crippen LogP contribution in [-0.2, 0) is 17.8 Å². The first-order chi connectivity index (χ1) is 11.7. The van der Waals surface area contributed by atoms with E-state index in [1.54, 1.807) is 11.8 Å². The molecule has 1 aromatic heterocycles. The highest BCUT2D eigenvalue weighted by molar-refractivity contribution is 5.93. The lowest BCUT2D eigenvalue weighted by Gasteiger charge is -2.23. The molecule has 3 rings (SSSR count). The summed E-state index contributed by atoms with van der Waals surface area (Å²) in [5.74, 6) is 1.04. The van der Waals surface area contributed by atoms with Gasteiger partial charge in [0.2, 0.25) is 17.7 Å². The zero-order valence-electron chi connectivity index (χ0n) is 13.6. The summed E-state index contributed by atoms with van der Waals surface area (Å²) >= 11 is 0. The fourth-order valence-electron chi connectivity index (χ4n) is 2.48. The van der Waals surface area contributed by atoms with E-state index in [0.29, 0.717) is 31.2 Å². The van der Waals surface area contributed by atoms with Crippen molar-refractivity contribution in [1.82, 2.24) is 10.2 Å². The van der Waals surface area contributed by atoms with E-state index in [9.17, 15) is 4.79 Å². The van der Waals surface area contributed by atoms with Crippen LogP contribution in [0.3, 0.4) is 0 Å². The quantitative estimate of drug-likeness (QED) is 0.697. The van der Waals surface area contributed by atoms with Crippen LogP contribution in [0.4, 0.5) is 5.69 Å². The molecule has 24 heavy (non-hydrogen) atoms.